The number of anilines is 1. The van der Waals surface area contributed by atoms with Crippen LogP contribution in [-0.2, 0) is 0 Å². The van der Waals surface area contributed by atoms with Gasteiger partial charge in [0.2, 0.25) is 0 Å². The van der Waals surface area contributed by atoms with E-state index >= 15 is 0 Å². The van der Waals surface area contributed by atoms with Crippen LogP contribution in [0.2, 0.25) is 0 Å². The first-order valence-corrected chi connectivity index (χ1v) is 9.52. The Bertz CT molecular complexity index is 576. The highest BCUT2D eigenvalue weighted by molar-refractivity contribution is 14.1. The number of hydrogen-bond donors (Lipinski definition) is 1. The van der Waals surface area contributed by atoms with Crippen molar-refractivity contribution in [3.8, 4) is 6.07 Å². The van der Waals surface area contributed by atoms with Crippen LogP contribution in [-0.4, -0.2) is 20.4 Å². The van der Waals surface area contributed by atoms with Crippen molar-refractivity contribution in [1.82, 2.24) is 4.98 Å². The van der Waals surface area contributed by atoms with E-state index in [-0.39, 0.29) is 24.0 Å². The van der Waals surface area contributed by atoms with Crippen LogP contribution in [0.15, 0.2) is 10.1 Å². The van der Waals surface area contributed by atoms with Crippen molar-refractivity contribution in [2.45, 2.75) is 44.5 Å². The summed E-state index contributed by atoms with van der Waals surface area (Å²) in [6.45, 7) is 0. The van der Waals surface area contributed by atoms with Crippen LogP contribution in [0, 0.1) is 11.3 Å². The molecule has 3 unspecified atom stereocenters. The first-order chi connectivity index (χ1) is 9.17. The largest absolute Gasteiger partial charge is 1.00 e. The van der Waals surface area contributed by atoms with Gasteiger partial charge in [-0.25, -0.2) is 4.57 Å². The van der Waals surface area contributed by atoms with Crippen LogP contribution in [0.3, 0.4) is 0 Å². The zero-order valence-electron chi connectivity index (χ0n) is 10.8. The Morgan fingerprint density at radius 3 is 2.95 bits per heavy atom. The molecular formula is C12H14I2N4S2. The highest BCUT2D eigenvalue weighted by Crippen LogP contribution is 2.47. The van der Waals surface area contributed by atoms with Crippen molar-refractivity contribution in [2.75, 3.05) is 12.0 Å². The summed E-state index contributed by atoms with van der Waals surface area (Å²) < 4.78 is 2.69. The van der Waals surface area contributed by atoms with Crippen molar-refractivity contribution in [2.24, 2.45) is 0 Å². The van der Waals surface area contributed by atoms with E-state index in [0.29, 0.717) is 26.7 Å². The molecule has 0 saturated heterocycles. The van der Waals surface area contributed by atoms with Crippen molar-refractivity contribution >= 4 is 52.1 Å². The predicted octanol–water partition coefficient (Wildman–Crippen LogP) is -0.448. The predicted molar refractivity (Wildman–Crippen MR) is 85.7 cm³/mol. The number of thioether (sulfide) groups is 2. The number of nitrogen functional groups attached to an aromatic ring is 1. The molecule has 20 heavy (non-hydrogen) atoms. The molecule has 2 N–H and O–H groups in total. The molecule has 3 atom stereocenters. The van der Waals surface area contributed by atoms with Gasteiger partial charge in [0.15, 0.2) is 10.1 Å². The molecule has 1 fully saturated rings. The normalized spacial score (nSPS) is 27.1. The second-order valence-corrected chi connectivity index (χ2v) is 8.36. The molecule has 2 aliphatic rings. The van der Waals surface area contributed by atoms with Gasteiger partial charge in [-0.15, -0.1) is 0 Å². The molecule has 1 aromatic rings. The van der Waals surface area contributed by atoms with E-state index < -0.39 is 0 Å². The lowest BCUT2D eigenvalue weighted by Crippen LogP contribution is -3.00. The number of rotatable bonds is 1. The molecular weight excluding hydrogens is 518 g/mol. The topological polar surface area (TPSA) is 66.6 Å². The quantitative estimate of drug-likeness (QED) is 0.175. The SMILES string of the molecule is CSc1nc(N)[n+]2c(c1C#N)SC1CCCC(I)C12.[I-]. The third kappa shape index (κ3) is 2.63. The average Bonchev–Trinajstić information content (AvgIpc) is 2.79. The number of fused-ring (bicyclic) bond motifs is 3. The Labute approximate surface area is 157 Å². The Morgan fingerprint density at radius 2 is 2.30 bits per heavy atom. The van der Waals surface area contributed by atoms with Crippen molar-refractivity contribution in [3.05, 3.63) is 5.56 Å². The lowest BCUT2D eigenvalue weighted by molar-refractivity contribution is -0.739. The maximum atomic E-state index is 9.43. The molecule has 0 radical (unpaired) electrons. The fourth-order valence-corrected chi connectivity index (χ4v) is 6.62. The van der Waals surface area contributed by atoms with Crippen LogP contribution < -0.4 is 34.3 Å². The smallest absolute Gasteiger partial charge is 0.391 e. The summed E-state index contributed by atoms with van der Waals surface area (Å²) in [4.78, 5) is 4.42. The van der Waals surface area contributed by atoms with E-state index in [4.69, 9.17) is 5.73 Å². The van der Waals surface area contributed by atoms with Gasteiger partial charge in [-0.1, -0.05) is 57.5 Å². The monoisotopic (exact) mass is 532 g/mol. The molecule has 0 aromatic carbocycles. The Morgan fingerprint density at radius 1 is 1.55 bits per heavy atom. The van der Waals surface area contributed by atoms with E-state index in [1.807, 2.05) is 18.0 Å². The minimum Gasteiger partial charge on any atom is -1.00 e. The molecule has 0 bridgehead atoms. The summed E-state index contributed by atoms with van der Waals surface area (Å²) >= 11 is 5.84. The molecule has 1 aromatic heterocycles. The number of nitrogens with two attached hydrogens (primary N) is 1. The van der Waals surface area contributed by atoms with Gasteiger partial charge in [0.25, 0.3) is 0 Å². The van der Waals surface area contributed by atoms with Crippen LogP contribution in [0.25, 0.3) is 0 Å². The Hall–Kier alpha value is 0.530. The number of halogens is 2. The molecule has 8 heteroatoms. The van der Waals surface area contributed by atoms with Gasteiger partial charge in [-0.3, -0.25) is 5.73 Å². The molecule has 0 spiro atoms. The standard InChI is InChI=1S/C12H13IN4S2.HI/c1-18-10-6(5-14)11-17(12(15)16-10)9-7(13)3-2-4-8(9)19-11;/h7-9,15H,2-4H2,1H3;1H. The zero-order valence-corrected chi connectivity index (χ0v) is 16.8. The van der Waals surface area contributed by atoms with Gasteiger partial charge < -0.3 is 24.0 Å². The molecule has 3 rings (SSSR count). The third-order valence-corrected chi connectivity index (χ3v) is 7.18. The number of nitriles is 1. The molecule has 1 aliphatic carbocycles. The molecule has 1 aliphatic heterocycles. The fourth-order valence-electron chi connectivity index (χ4n) is 2.87. The summed E-state index contributed by atoms with van der Waals surface area (Å²) in [6, 6.07) is 2.71. The van der Waals surface area contributed by atoms with E-state index in [9.17, 15) is 5.26 Å². The second-order valence-electron chi connectivity index (χ2n) is 4.74. The summed E-state index contributed by atoms with van der Waals surface area (Å²) in [5.41, 5.74) is 6.85. The minimum atomic E-state index is 0. The fraction of sp³-hybridized carbons (Fsp3) is 0.583. The second kappa shape index (κ2) is 6.75. The average molecular weight is 532 g/mol. The van der Waals surface area contributed by atoms with Crippen LogP contribution in [0.4, 0.5) is 5.95 Å². The van der Waals surface area contributed by atoms with E-state index in [1.165, 1.54) is 31.0 Å². The first kappa shape index (κ1) is 16.9. The molecule has 1 saturated carbocycles. The van der Waals surface area contributed by atoms with Crippen LogP contribution in [0.5, 0.6) is 0 Å². The molecule has 2 heterocycles. The maximum Gasteiger partial charge on any atom is 0.391 e. The van der Waals surface area contributed by atoms with Gasteiger partial charge in [0.1, 0.15) is 17.7 Å². The highest BCUT2D eigenvalue weighted by Gasteiger charge is 2.46. The van der Waals surface area contributed by atoms with Crippen molar-refractivity contribution in [3.63, 3.8) is 0 Å². The lowest BCUT2D eigenvalue weighted by Gasteiger charge is -2.28. The Balaban J connectivity index is 0.00000147. The van der Waals surface area contributed by atoms with Gasteiger partial charge in [0, 0.05) is 9.17 Å². The van der Waals surface area contributed by atoms with Gasteiger partial charge in [0.05, 0.1) is 0 Å². The van der Waals surface area contributed by atoms with Gasteiger partial charge >= 0.3 is 5.95 Å². The van der Waals surface area contributed by atoms with Crippen LogP contribution in [0.1, 0.15) is 30.9 Å². The Kier molecular flexibility index (Phi) is 5.70. The van der Waals surface area contributed by atoms with Crippen molar-refractivity contribution in [1.29, 1.82) is 5.26 Å². The first-order valence-electron chi connectivity index (χ1n) is 6.17. The van der Waals surface area contributed by atoms with Gasteiger partial charge in [-0.2, -0.15) is 5.26 Å². The number of hydrogen-bond acceptors (Lipinski definition) is 5. The third-order valence-electron chi connectivity index (χ3n) is 3.70. The van der Waals surface area contributed by atoms with E-state index in [0.717, 1.165) is 10.1 Å². The van der Waals surface area contributed by atoms with Crippen LogP contribution >= 0.6 is 46.1 Å². The number of alkyl halides is 1. The van der Waals surface area contributed by atoms with Crippen molar-refractivity contribution < 1.29 is 28.5 Å². The minimum absolute atomic E-state index is 0. The molecule has 108 valence electrons. The molecule has 0 amide bonds. The number of aromatic nitrogens is 2. The summed E-state index contributed by atoms with van der Waals surface area (Å²) in [6.07, 6.45) is 5.63. The summed E-state index contributed by atoms with van der Waals surface area (Å²) in [7, 11) is 0. The molecule has 4 nitrogen and oxygen atoms in total. The summed E-state index contributed by atoms with van der Waals surface area (Å²) in [5, 5.41) is 11.8. The zero-order chi connectivity index (χ0) is 13.6. The van der Waals surface area contributed by atoms with E-state index in [1.54, 1.807) is 0 Å². The van der Waals surface area contributed by atoms with Gasteiger partial charge in [-0.05, 0) is 19.1 Å². The van der Waals surface area contributed by atoms with E-state index in [2.05, 4.69) is 38.2 Å². The highest BCUT2D eigenvalue weighted by atomic mass is 127. The lowest BCUT2D eigenvalue weighted by atomic mass is 9.94. The summed E-state index contributed by atoms with van der Waals surface area (Å²) in [5.74, 6) is 0.557. The number of nitrogens with zero attached hydrogens (tertiary/aromatic N) is 3. The maximum absolute atomic E-state index is 9.43.